The van der Waals surface area contributed by atoms with E-state index in [1.807, 2.05) is 29.6 Å². The lowest BCUT2D eigenvalue weighted by atomic mass is 10.1. The zero-order chi connectivity index (χ0) is 12.3. The molecule has 1 heterocycles. The molecule has 1 aromatic heterocycles. The normalized spacial score (nSPS) is 10.4. The van der Waals surface area contributed by atoms with E-state index in [0.717, 1.165) is 16.9 Å². The number of carboxylic acid groups (broad SMARTS) is 1. The van der Waals surface area contributed by atoms with Crippen LogP contribution in [-0.4, -0.2) is 16.8 Å². The number of benzene rings is 1. The van der Waals surface area contributed by atoms with E-state index in [0.29, 0.717) is 5.56 Å². The van der Waals surface area contributed by atoms with E-state index in [-0.39, 0.29) is 0 Å². The molecule has 0 saturated heterocycles. The lowest BCUT2D eigenvalue weighted by molar-refractivity contribution is 0.0698. The second-order valence-electron chi connectivity index (χ2n) is 3.46. The molecule has 2 nitrogen and oxygen atoms in total. The summed E-state index contributed by atoms with van der Waals surface area (Å²) in [6, 6.07) is 8.03. The zero-order valence-electron chi connectivity index (χ0n) is 9.34. The molecule has 17 heavy (non-hydrogen) atoms. The monoisotopic (exact) mass is 264 g/mol. The Bertz CT molecular complexity index is 514. The van der Waals surface area contributed by atoms with Gasteiger partial charge in [0, 0.05) is 15.8 Å². The first-order valence-corrected chi connectivity index (χ1v) is 7.18. The molecule has 4 heteroatoms. The molecule has 0 spiro atoms. The lowest BCUT2D eigenvalue weighted by Crippen LogP contribution is -1.95. The van der Waals surface area contributed by atoms with E-state index in [2.05, 4.69) is 6.92 Å². The summed E-state index contributed by atoms with van der Waals surface area (Å²) in [6.07, 6.45) is 0. The summed E-state index contributed by atoms with van der Waals surface area (Å²) in [5, 5.41) is 12.6. The molecule has 88 valence electrons. The molecule has 0 unspecified atom stereocenters. The number of hydrogen-bond acceptors (Lipinski definition) is 3. The van der Waals surface area contributed by atoms with Gasteiger partial charge in [-0.25, -0.2) is 4.79 Å². The van der Waals surface area contributed by atoms with Gasteiger partial charge in [0.05, 0.1) is 5.56 Å². The molecular weight excluding hydrogens is 252 g/mol. The van der Waals surface area contributed by atoms with Gasteiger partial charge in [-0.3, -0.25) is 0 Å². The fourth-order valence-electron chi connectivity index (χ4n) is 1.58. The number of rotatable bonds is 4. The SMILES string of the molecule is CCSc1ccc(-c2cscc2C(=O)O)cc1. The molecular formula is C13H12O2S2. The Labute approximate surface area is 108 Å². The van der Waals surface area contributed by atoms with Crippen LogP contribution in [0.3, 0.4) is 0 Å². The number of carboxylic acids is 1. The highest BCUT2D eigenvalue weighted by Crippen LogP contribution is 2.29. The van der Waals surface area contributed by atoms with E-state index >= 15 is 0 Å². The van der Waals surface area contributed by atoms with Crippen LogP contribution < -0.4 is 0 Å². The molecule has 0 aliphatic carbocycles. The quantitative estimate of drug-likeness (QED) is 0.840. The fraction of sp³-hybridized carbons (Fsp3) is 0.154. The molecule has 0 bridgehead atoms. The average molecular weight is 264 g/mol. The highest BCUT2D eigenvalue weighted by molar-refractivity contribution is 7.99. The van der Waals surface area contributed by atoms with Crippen LogP contribution in [0.15, 0.2) is 39.9 Å². The Morgan fingerprint density at radius 2 is 2.00 bits per heavy atom. The van der Waals surface area contributed by atoms with Crippen molar-refractivity contribution in [1.29, 1.82) is 0 Å². The molecule has 0 amide bonds. The van der Waals surface area contributed by atoms with Crippen LogP contribution in [0, 0.1) is 0 Å². The van der Waals surface area contributed by atoms with Crippen LogP contribution in [0.1, 0.15) is 17.3 Å². The number of thiophene rings is 1. The minimum absolute atomic E-state index is 0.380. The largest absolute Gasteiger partial charge is 0.478 e. The second kappa shape index (κ2) is 5.38. The molecule has 1 N–H and O–H groups in total. The summed E-state index contributed by atoms with van der Waals surface area (Å²) in [6.45, 7) is 2.11. The van der Waals surface area contributed by atoms with E-state index in [4.69, 9.17) is 5.11 Å². The van der Waals surface area contributed by atoms with Crippen molar-refractivity contribution < 1.29 is 9.90 Å². The van der Waals surface area contributed by atoms with Gasteiger partial charge in [-0.15, -0.1) is 11.8 Å². The molecule has 2 rings (SSSR count). The number of aromatic carboxylic acids is 1. The van der Waals surface area contributed by atoms with E-state index in [9.17, 15) is 4.79 Å². The summed E-state index contributed by atoms with van der Waals surface area (Å²) >= 11 is 3.20. The van der Waals surface area contributed by atoms with Gasteiger partial charge in [-0.1, -0.05) is 19.1 Å². The molecule has 0 aliphatic rings. The summed E-state index contributed by atoms with van der Waals surface area (Å²) in [5.74, 6) is 0.173. The van der Waals surface area contributed by atoms with Crippen molar-refractivity contribution >= 4 is 29.1 Å². The standard InChI is InChI=1S/C13H12O2S2/c1-2-17-10-5-3-9(4-6-10)11-7-16-8-12(11)13(14)15/h3-8H,2H2,1H3,(H,14,15). The van der Waals surface area contributed by atoms with Crippen LogP contribution in [-0.2, 0) is 0 Å². The van der Waals surface area contributed by atoms with Crippen LogP contribution in [0.5, 0.6) is 0 Å². The summed E-state index contributed by atoms with van der Waals surface area (Å²) < 4.78 is 0. The molecule has 0 saturated carbocycles. The maximum absolute atomic E-state index is 11.0. The molecule has 2 aromatic rings. The smallest absolute Gasteiger partial charge is 0.337 e. The third-order valence-electron chi connectivity index (χ3n) is 2.37. The summed E-state index contributed by atoms with van der Waals surface area (Å²) in [5.41, 5.74) is 2.14. The second-order valence-corrected chi connectivity index (χ2v) is 5.54. The Morgan fingerprint density at radius 3 is 2.59 bits per heavy atom. The molecule has 0 aliphatic heterocycles. The van der Waals surface area contributed by atoms with Gasteiger partial charge in [0.25, 0.3) is 0 Å². The highest BCUT2D eigenvalue weighted by Gasteiger charge is 2.12. The van der Waals surface area contributed by atoms with Gasteiger partial charge in [0.15, 0.2) is 0 Å². The number of thioether (sulfide) groups is 1. The predicted octanol–water partition coefficient (Wildman–Crippen LogP) is 4.23. The Balaban J connectivity index is 2.33. The van der Waals surface area contributed by atoms with Crippen LogP contribution >= 0.6 is 23.1 Å². The molecule has 0 atom stereocenters. The van der Waals surface area contributed by atoms with Crippen LogP contribution in [0.4, 0.5) is 0 Å². The topological polar surface area (TPSA) is 37.3 Å². The first-order valence-electron chi connectivity index (χ1n) is 5.25. The van der Waals surface area contributed by atoms with Gasteiger partial charge in [-0.05, 0) is 28.8 Å². The first kappa shape index (κ1) is 12.2. The van der Waals surface area contributed by atoms with Gasteiger partial charge >= 0.3 is 5.97 Å². The maximum Gasteiger partial charge on any atom is 0.337 e. The van der Waals surface area contributed by atoms with Crippen molar-refractivity contribution in [3.8, 4) is 11.1 Å². The fourth-order valence-corrected chi connectivity index (χ4v) is 3.08. The lowest BCUT2D eigenvalue weighted by Gasteiger charge is -2.03. The van der Waals surface area contributed by atoms with E-state index in [1.165, 1.54) is 16.2 Å². The first-order chi connectivity index (χ1) is 8.22. The van der Waals surface area contributed by atoms with Crippen LogP contribution in [0.25, 0.3) is 11.1 Å². The third kappa shape index (κ3) is 2.70. The summed E-state index contributed by atoms with van der Waals surface area (Å²) in [4.78, 5) is 12.2. The summed E-state index contributed by atoms with van der Waals surface area (Å²) in [7, 11) is 0. The van der Waals surface area contributed by atoms with Gasteiger partial charge in [0.1, 0.15) is 0 Å². The highest BCUT2D eigenvalue weighted by atomic mass is 32.2. The minimum atomic E-state index is -0.867. The molecule has 1 aromatic carbocycles. The van der Waals surface area contributed by atoms with E-state index in [1.54, 1.807) is 17.1 Å². The van der Waals surface area contributed by atoms with Gasteiger partial charge < -0.3 is 5.11 Å². The van der Waals surface area contributed by atoms with Gasteiger partial charge in [-0.2, -0.15) is 11.3 Å². The maximum atomic E-state index is 11.0. The van der Waals surface area contributed by atoms with Crippen molar-refractivity contribution in [2.75, 3.05) is 5.75 Å². The zero-order valence-corrected chi connectivity index (χ0v) is 11.0. The van der Waals surface area contributed by atoms with E-state index < -0.39 is 5.97 Å². The van der Waals surface area contributed by atoms with Crippen molar-refractivity contribution in [3.63, 3.8) is 0 Å². The predicted molar refractivity (Wildman–Crippen MR) is 73.1 cm³/mol. The molecule has 0 fully saturated rings. The van der Waals surface area contributed by atoms with Crippen molar-refractivity contribution in [3.05, 3.63) is 40.6 Å². The Kier molecular flexibility index (Phi) is 3.86. The number of carbonyl (C=O) groups is 1. The molecule has 0 radical (unpaired) electrons. The van der Waals surface area contributed by atoms with Crippen molar-refractivity contribution in [2.24, 2.45) is 0 Å². The van der Waals surface area contributed by atoms with Crippen LogP contribution in [0.2, 0.25) is 0 Å². The van der Waals surface area contributed by atoms with Crippen molar-refractivity contribution in [2.45, 2.75) is 11.8 Å². The third-order valence-corrected chi connectivity index (χ3v) is 4.01. The Hall–Kier alpha value is -1.26. The Morgan fingerprint density at radius 1 is 1.29 bits per heavy atom. The minimum Gasteiger partial charge on any atom is -0.478 e. The van der Waals surface area contributed by atoms with Crippen molar-refractivity contribution in [1.82, 2.24) is 0 Å². The number of hydrogen-bond donors (Lipinski definition) is 1. The van der Waals surface area contributed by atoms with Gasteiger partial charge in [0.2, 0.25) is 0 Å². The average Bonchev–Trinajstić information content (AvgIpc) is 2.79.